The van der Waals surface area contributed by atoms with E-state index in [2.05, 4.69) is 30.2 Å². The van der Waals surface area contributed by atoms with Gasteiger partial charge in [0.1, 0.15) is 6.04 Å². The van der Waals surface area contributed by atoms with Gasteiger partial charge < -0.3 is 15.5 Å². The maximum Gasteiger partial charge on any atom is 0.269 e. The summed E-state index contributed by atoms with van der Waals surface area (Å²) in [6.45, 7) is 6.18. The van der Waals surface area contributed by atoms with Gasteiger partial charge in [-0.2, -0.15) is 0 Å². The number of carbonyl (C=O) groups is 5. The van der Waals surface area contributed by atoms with E-state index in [-0.39, 0.29) is 18.5 Å². The van der Waals surface area contributed by atoms with Crippen LogP contribution in [0.5, 0.6) is 0 Å². The Balaban J connectivity index is 1.01. The van der Waals surface area contributed by atoms with Crippen LogP contribution in [-0.2, 0) is 9.59 Å². The van der Waals surface area contributed by atoms with Crippen molar-refractivity contribution in [2.24, 2.45) is 11.7 Å². The van der Waals surface area contributed by atoms with Crippen molar-refractivity contribution in [3.05, 3.63) is 47.2 Å². The summed E-state index contributed by atoms with van der Waals surface area (Å²) in [7, 11) is 0. The summed E-state index contributed by atoms with van der Waals surface area (Å²) >= 11 is 0. The third-order valence-electron chi connectivity index (χ3n) is 8.52. The number of imide groups is 2. The van der Waals surface area contributed by atoms with E-state index in [1.54, 1.807) is 24.3 Å². The summed E-state index contributed by atoms with van der Waals surface area (Å²) in [5.74, 6) is -1.21. The van der Waals surface area contributed by atoms with Gasteiger partial charge in [0, 0.05) is 57.9 Å². The number of rotatable bonds is 6. The number of aromatic nitrogens is 2. The van der Waals surface area contributed by atoms with Crippen molar-refractivity contribution in [1.82, 2.24) is 25.3 Å². The molecule has 5 amide bonds. The second-order valence-corrected chi connectivity index (χ2v) is 11.0. The maximum absolute atomic E-state index is 13.2. The van der Waals surface area contributed by atoms with Crippen LogP contribution in [0.15, 0.2) is 30.3 Å². The topological polar surface area (TPSA) is 162 Å². The first kappa shape index (κ1) is 26.8. The molecule has 0 radical (unpaired) electrons. The first-order valence-electron chi connectivity index (χ1n) is 14.0. The number of hydrogen-bond donors (Lipinski definition) is 2. The number of carbonyl (C=O) groups excluding carboxylic acids is 5. The van der Waals surface area contributed by atoms with E-state index in [9.17, 15) is 24.0 Å². The van der Waals surface area contributed by atoms with Crippen molar-refractivity contribution in [3.63, 3.8) is 0 Å². The lowest BCUT2D eigenvalue weighted by Crippen LogP contribution is -2.54. The molecule has 0 saturated carbocycles. The van der Waals surface area contributed by atoms with Crippen LogP contribution in [0.25, 0.3) is 0 Å². The van der Waals surface area contributed by atoms with Crippen LogP contribution in [-0.4, -0.2) is 101 Å². The lowest BCUT2D eigenvalue weighted by atomic mass is 9.96. The minimum atomic E-state index is -0.964. The predicted molar refractivity (Wildman–Crippen MR) is 147 cm³/mol. The lowest BCUT2D eigenvalue weighted by molar-refractivity contribution is -0.136. The standard InChI is InChI=1S/C28H32N8O5/c29-25(38)21-3-5-23(32-31-21)35-9-7-17(8-10-35)16-33-11-13-34(14-12-33)18-1-2-19-20(15-18)28(41)36(27(19)40)22-4-6-24(37)30-26(22)39/h1-3,5,15,17,22H,4,6-14,16H2,(H2,29,38)(H,30,37,39). The quantitative estimate of drug-likeness (QED) is 0.461. The molecule has 3 N–H and O–H groups in total. The van der Waals surface area contributed by atoms with E-state index in [4.69, 9.17) is 5.73 Å². The van der Waals surface area contributed by atoms with Crippen molar-refractivity contribution in [1.29, 1.82) is 0 Å². The Hall–Kier alpha value is -4.39. The summed E-state index contributed by atoms with van der Waals surface area (Å²) in [5, 5.41) is 10.3. The average Bonchev–Trinajstić information content (AvgIpc) is 3.23. The van der Waals surface area contributed by atoms with Gasteiger partial charge in [0.25, 0.3) is 17.7 Å². The largest absolute Gasteiger partial charge is 0.369 e. The summed E-state index contributed by atoms with van der Waals surface area (Å²) in [5.41, 5.74) is 6.90. The molecule has 3 fully saturated rings. The molecule has 5 heterocycles. The monoisotopic (exact) mass is 560 g/mol. The maximum atomic E-state index is 13.2. The van der Waals surface area contributed by atoms with Crippen molar-refractivity contribution in [2.75, 3.05) is 55.6 Å². The summed E-state index contributed by atoms with van der Waals surface area (Å²) in [6, 6.07) is 7.73. The molecule has 0 aliphatic carbocycles. The smallest absolute Gasteiger partial charge is 0.269 e. The van der Waals surface area contributed by atoms with Gasteiger partial charge in [-0.05, 0) is 55.5 Å². The van der Waals surface area contributed by atoms with Crippen molar-refractivity contribution < 1.29 is 24.0 Å². The van der Waals surface area contributed by atoms with Crippen molar-refractivity contribution >= 4 is 41.0 Å². The number of hydrogen-bond acceptors (Lipinski definition) is 10. The SMILES string of the molecule is NC(=O)c1ccc(N2CCC(CN3CCN(c4ccc5c(c4)C(=O)N(C4CCC(=O)NC4=O)C5=O)CC3)CC2)nn1. The van der Waals surface area contributed by atoms with E-state index in [0.717, 1.165) is 75.1 Å². The third kappa shape index (κ3) is 5.24. The predicted octanol–water partition coefficient (Wildman–Crippen LogP) is 0.0153. The number of fused-ring (bicyclic) bond motifs is 1. The van der Waals surface area contributed by atoms with E-state index in [0.29, 0.717) is 17.0 Å². The molecule has 41 heavy (non-hydrogen) atoms. The highest BCUT2D eigenvalue weighted by Gasteiger charge is 2.44. The van der Waals surface area contributed by atoms with Gasteiger partial charge >= 0.3 is 0 Å². The fourth-order valence-corrected chi connectivity index (χ4v) is 6.18. The Morgan fingerprint density at radius 1 is 0.854 bits per heavy atom. The van der Waals surface area contributed by atoms with Crippen LogP contribution < -0.4 is 20.9 Å². The molecule has 4 aliphatic heterocycles. The molecular weight excluding hydrogens is 528 g/mol. The fourth-order valence-electron chi connectivity index (χ4n) is 6.18. The Kier molecular flexibility index (Phi) is 7.12. The highest BCUT2D eigenvalue weighted by molar-refractivity contribution is 6.23. The number of piperidine rings is 2. The first-order chi connectivity index (χ1) is 19.8. The number of primary amides is 1. The Morgan fingerprint density at radius 2 is 1.59 bits per heavy atom. The van der Waals surface area contributed by atoms with Gasteiger partial charge in [-0.1, -0.05) is 0 Å². The second kappa shape index (κ2) is 10.9. The molecule has 1 aromatic carbocycles. The Morgan fingerprint density at radius 3 is 2.24 bits per heavy atom. The summed E-state index contributed by atoms with van der Waals surface area (Å²) in [6.07, 6.45) is 2.33. The average molecular weight is 561 g/mol. The van der Waals surface area contributed by atoms with E-state index in [1.807, 2.05) is 6.07 Å². The zero-order chi connectivity index (χ0) is 28.7. The summed E-state index contributed by atoms with van der Waals surface area (Å²) in [4.78, 5) is 69.1. The van der Waals surface area contributed by atoms with Crippen molar-refractivity contribution in [2.45, 2.75) is 31.7 Å². The molecule has 13 nitrogen and oxygen atoms in total. The van der Waals surface area contributed by atoms with Crippen LogP contribution in [0.3, 0.4) is 0 Å². The minimum Gasteiger partial charge on any atom is -0.369 e. The molecule has 13 heteroatoms. The molecule has 1 unspecified atom stereocenters. The van der Waals surface area contributed by atoms with Gasteiger partial charge in [0.2, 0.25) is 11.8 Å². The first-order valence-corrected chi connectivity index (χ1v) is 14.0. The van der Waals surface area contributed by atoms with Gasteiger partial charge in [-0.25, -0.2) is 0 Å². The number of nitrogens with two attached hydrogens (primary N) is 1. The zero-order valence-electron chi connectivity index (χ0n) is 22.6. The van der Waals surface area contributed by atoms with Gasteiger partial charge in [0.05, 0.1) is 11.1 Å². The van der Waals surface area contributed by atoms with Gasteiger partial charge in [0.15, 0.2) is 11.5 Å². The molecule has 1 atom stereocenters. The molecule has 3 saturated heterocycles. The number of nitrogens with zero attached hydrogens (tertiary/aromatic N) is 6. The molecule has 1 aromatic heterocycles. The Bertz CT molecular complexity index is 1400. The fraction of sp³-hybridized carbons (Fsp3) is 0.464. The number of benzene rings is 1. The molecule has 4 aliphatic rings. The molecule has 214 valence electrons. The van der Waals surface area contributed by atoms with E-state index < -0.39 is 35.6 Å². The zero-order valence-corrected chi connectivity index (χ0v) is 22.6. The molecule has 0 bridgehead atoms. The highest BCUT2D eigenvalue weighted by atomic mass is 16.2. The number of nitrogens with one attached hydrogen (secondary N) is 1. The molecule has 0 spiro atoms. The minimum absolute atomic E-state index is 0.0966. The summed E-state index contributed by atoms with van der Waals surface area (Å²) < 4.78 is 0. The third-order valence-corrected chi connectivity index (χ3v) is 8.52. The molecule has 2 aromatic rings. The second-order valence-electron chi connectivity index (χ2n) is 11.0. The van der Waals surface area contributed by atoms with Crippen LogP contribution in [0.1, 0.15) is 56.9 Å². The number of amides is 5. The van der Waals surface area contributed by atoms with Gasteiger partial charge in [-0.15, -0.1) is 10.2 Å². The van der Waals surface area contributed by atoms with Crippen LogP contribution in [0, 0.1) is 5.92 Å². The van der Waals surface area contributed by atoms with E-state index >= 15 is 0 Å². The number of anilines is 2. The van der Waals surface area contributed by atoms with Crippen LogP contribution in [0.2, 0.25) is 0 Å². The van der Waals surface area contributed by atoms with Crippen LogP contribution >= 0.6 is 0 Å². The molecule has 6 rings (SSSR count). The Labute approximate surface area is 236 Å². The van der Waals surface area contributed by atoms with E-state index in [1.165, 1.54) is 0 Å². The highest BCUT2D eigenvalue weighted by Crippen LogP contribution is 2.31. The number of piperazine rings is 1. The van der Waals surface area contributed by atoms with Crippen LogP contribution in [0.4, 0.5) is 11.5 Å². The normalized spacial score (nSPS) is 22.2. The van der Waals surface area contributed by atoms with Gasteiger partial charge in [-0.3, -0.25) is 39.1 Å². The van der Waals surface area contributed by atoms with Crippen molar-refractivity contribution in [3.8, 4) is 0 Å². The lowest BCUT2D eigenvalue weighted by Gasteiger charge is -2.39. The molecular formula is C28H32N8O5.